The van der Waals surface area contributed by atoms with Crippen molar-refractivity contribution in [2.45, 2.75) is 0 Å². The Morgan fingerprint density at radius 2 is 1.63 bits per heavy atom. The molecule has 0 radical (unpaired) electrons. The molecule has 0 unspecified atom stereocenters. The van der Waals surface area contributed by atoms with Gasteiger partial charge in [0.15, 0.2) is 0 Å². The highest BCUT2D eigenvalue weighted by Gasteiger charge is 2.18. The Bertz CT molecular complexity index is 1240. The van der Waals surface area contributed by atoms with Crippen LogP contribution in [0.25, 0.3) is 31.3 Å². The van der Waals surface area contributed by atoms with Gasteiger partial charge >= 0.3 is 0 Å². The zero-order valence-electron chi connectivity index (χ0n) is 15.1. The number of fused-ring (bicyclic) bond motifs is 5. The van der Waals surface area contributed by atoms with E-state index in [1.807, 2.05) is 17.4 Å². The van der Waals surface area contributed by atoms with Gasteiger partial charge in [0.25, 0.3) is 0 Å². The third kappa shape index (κ3) is 2.61. The van der Waals surface area contributed by atoms with Crippen LogP contribution in [0.4, 0.5) is 5.69 Å². The summed E-state index contributed by atoms with van der Waals surface area (Å²) in [6.45, 7) is 4.40. The number of rotatable bonds is 1. The van der Waals surface area contributed by atoms with Crippen molar-refractivity contribution >= 4 is 48.3 Å². The van der Waals surface area contributed by atoms with E-state index in [0.717, 1.165) is 5.57 Å². The predicted molar refractivity (Wildman–Crippen MR) is 120 cm³/mol. The van der Waals surface area contributed by atoms with Crippen LogP contribution in [0.2, 0.25) is 0 Å². The summed E-state index contributed by atoms with van der Waals surface area (Å²) in [5.74, 6) is 0. The van der Waals surface area contributed by atoms with Crippen molar-refractivity contribution in [1.29, 1.82) is 0 Å². The topological polar surface area (TPSA) is 3.24 Å². The maximum Gasteiger partial charge on any atom is 0.0664 e. The van der Waals surface area contributed by atoms with Crippen molar-refractivity contribution in [3.8, 4) is 0 Å². The zero-order chi connectivity index (χ0) is 18.4. The fourth-order valence-corrected chi connectivity index (χ4v) is 5.07. The Morgan fingerprint density at radius 3 is 2.48 bits per heavy atom. The normalized spacial score (nSPS) is 17.3. The van der Waals surface area contributed by atoms with E-state index in [4.69, 9.17) is 0 Å². The molecule has 4 aromatic rings. The zero-order valence-corrected chi connectivity index (χ0v) is 16.0. The first kappa shape index (κ1) is 16.1. The number of benzene rings is 3. The molecule has 1 aromatic heterocycles. The third-order valence-electron chi connectivity index (χ3n) is 5.13. The largest absolute Gasteiger partial charge is 0.349 e. The summed E-state index contributed by atoms with van der Waals surface area (Å²) in [6.07, 6.45) is 6.53. The molecule has 0 saturated heterocycles. The first-order valence-corrected chi connectivity index (χ1v) is 9.86. The lowest BCUT2D eigenvalue weighted by molar-refractivity contribution is 1.21. The highest BCUT2D eigenvalue weighted by atomic mass is 32.1. The Hall–Kier alpha value is -3.10. The Balaban J connectivity index is 1.75. The molecular weight excluding hydrogens is 346 g/mol. The van der Waals surface area contributed by atoms with E-state index in [-0.39, 0.29) is 0 Å². The van der Waals surface area contributed by atoms with Gasteiger partial charge in [-0.2, -0.15) is 0 Å². The molecule has 0 N–H and O–H groups in total. The molecule has 1 aliphatic rings. The van der Waals surface area contributed by atoms with Crippen LogP contribution in [0.1, 0.15) is 11.1 Å². The summed E-state index contributed by atoms with van der Waals surface area (Å²) >= 11 is 1.86. The quantitative estimate of drug-likeness (QED) is 0.347. The van der Waals surface area contributed by atoms with Gasteiger partial charge in [-0.1, -0.05) is 67.2 Å². The summed E-state index contributed by atoms with van der Waals surface area (Å²) in [6, 6.07) is 23.6. The van der Waals surface area contributed by atoms with Crippen LogP contribution in [0.3, 0.4) is 0 Å². The second-order valence-corrected chi connectivity index (χ2v) is 7.91. The van der Waals surface area contributed by atoms with Crippen LogP contribution < -0.4 is 4.90 Å². The Labute approximate surface area is 163 Å². The van der Waals surface area contributed by atoms with Crippen LogP contribution in [0.15, 0.2) is 91.7 Å². The molecule has 0 atom stereocenters. The average Bonchev–Trinajstić information content (AvgIpc) is 3.08. The molecule has 0 bridgehead atoms. The molecule has 0 saturated carbocycles. The Morgan fingerprint density at radius 1 is 0.852 bits per heavy atom. The second-order valence-electron chi connectivity index (χ2n) is 6.85. The summed E-state index contributed by atoms with van der Waals surface area (Å²) in [5.41, 5.74) is 5.84. The van der Waals surface area contributed by atoms with Gasteiger partial charge in [-0.05, 0) is 34.9 Å². The predicted octanol–water partition coefficient (Wildman–Crippen LogP) is 7.11. The van der Waals surface area contributed by atoms with Gasteiger partial charge in [0.2, 0.25) is 0 Å². The molecule has 1 aliphatic heterocycles. The minimum absolute atomic E-state index is 1.04. The minimum atomic E-state index is 1.04. The Kier molecular flexibility index (Phi) is 3.73. The SMILES string of the molecule is C=C1/C=C(c2ccccc2)\C=C/N(C)c2c1ccc1c2sc2ccccc21. The van der Waals surface area contributed by atoms with Crippen LogP contribution in [0, 0.1) is 0 Å². The smallest absolute Gasteiger partial charge is 0.0664 e. The van der Waals surface area contributed by atoms with Crippen molar-refractivity contribution in [1.82, 2.24) is 0 Å². The molecule has 3 aromatic carbocycles. The molecule has 27 heavy (non-hydrogen) atoms. The van der Waals surface area contributed by atoms with Crippen molar-refractivity contribution in [3.63, 3.8) is 0 Å². The van der Waals surface area contributed by atoms with E-state index >= 15 is 0 Å². The lowest BCUT2D eigenvalue weighted by Gasteiger charge is -2.22. The maximum atomic E-state index is 4.40. The van der Waals surface area contributed by atoms with Crippen LogP contribution in [-0.4, -0.2) is 7.05 Å². The van der Waals surface area contributed by atoms with Gasteiger partial charge in [0, 0.05) is 34.3 Å². The van der Waals surface area contributed by atoms with Crippen LogP contribution >= 0.6 is 11.3 Å². The number of nitrogens with zero attached hydrogens (tertiary/aromatic N) is 1. The van der Waals surface area contributed by atoms with Gasteiger partial charge in [-0.3, -0.25) is 0 Å². The second kappa shape index (κ2) is 6.26. The van der Waals surface area contributed by atoms with Crippen molar-refractivity contribution in [3.05, 3.63) is 103 Å². The number of allylic oxidation sites excluding steroid dienone is 4. The molecule has 0 amide bonds. The summed E-state index contributed by atoms with van der Waals surface area (Å²) in [7, 11) is 2.13. The molecule has 1 nitrogen and oxygen atoms in total. The number of thiophene rings is 1. The van der Waals surface area contributed by atoms with E-state index in [1.54, 1.807) is 0 Å². The molecule has 2 heterocycles. The van der Waals surface area contributed by atoms with Gasteiger partial charge < -0.3 is 4.90 Å². The van der Waals surface area contributed by atoms with Crippen molar-refractivity contribution < 1.29 is 0 Å². The molecular formula is C25H19NS. The molecule has 0 spiro atoms. The number of hydrogen-bond acceptors (Lipinski definition) is 2. The third-order valence-corrected chi connectivity index (χ3v) is 6.33. The summed E-state index contributed by atoms with van der Waals surface area (Å²) in [4.78, 5) is 2.23. The van der Waals surface area contributed by atoms with E-state index in [1.165, 1.54) is 42.6 Å². The monoisotopic (exact) mass is 365 g/mol. The van der Waals surface area contributed by atoms with Crippen molar-refractivity contribution in [2.24, 2.45) is 0 Å². The minimum Gasteiger partial charge on any atom is -0.349 e. The fourth-order valence-electron chi connectivity index (χ4n) is 3.77. The van der Waals surface area contributed by atoms with E-state index in [2.05, 4.69) is 97.5 Å². The van der Waals surface area contributed by atoms with E-state index in [9.17, 15) is 0 Å². The highest BCUT2D eigenvalue weighted by Crippen LogP contribution is 2.44. The average molecular weight is 366 g/mol. The fraction of sp³-hybridized carbons (Fsp3) is 0.0400. The molecule has 5 rings (SSSR count). The van der Waals surface area contributed by atoms with E-state index < -0.39 is 0 Å². The van der Waals surface area contributed by atoms with Crippen LogP contribution in [-0.2, 0) is 0 Å². The van der Waals surface area contributed by atoms with Gasteiger partial charge in [0.1, 0.15) is 0 Å². The van der Waals surface area contributed by atoms with E-state index in [0.29, 0.717) is 0 Å². The van der Waals surface area contributed by atoms with Gasteiger partial charge in [-0.25, -0.2) is 0 Å². The number of hydrogen-bond donors (Lipinski definition) is 0. The highest BCUT2D eigenvalue weighted by molar-refractivity contribution is 7.26. The lowest BCUT2D eigenvalue weighted by Crippen LogP contribution is -2.11. The first-order chi connectivity index (χ1) is 13.2. The van der Waals surface area contributed by atoms with Crippen molar-refractivity contribution in [2.75, 3.05) is 11.9 Å². The molecule has 130 valence electrons. The standard InChI is InChI=1S/C25H19NS/c1-17-16-19(18-8-4-3-5-9-18)14-15-26(2)24-20(17)12-13-22-21-10-6-7-11-23(21)27-25(22)24/h3-16H,1H2,2H3/b15-14-,19-16+. The van der Waals surface area contributed by atoms with Crippen LogP contribution in [0.5, 0.6) is 0 Å². The maximum absolute atomic E-state index is 4.40. The first-order valence-electron chi connectivity index (χ1n) is 9.04. The number of anilines is 1. The molecule has 0 aliphatic carbocycles. The summed E-state index contributed by atoms with van der Waals surface area (Å²) < 4.78 is 2.64. The van der Waals surface area contributed by atoms with Gasteiger partial charge in [0.05, 0.1) is 10.4 Å². The molecule has 2 heteroatoms. The summed E-state index contributed by atoms with van der Waals surface area (Å²) in [5, 5.41) is 2.64. The van der Waals surface area contributed by atoms with Gasteiger partial charge in [-0.15, -0.1) is 11.3 Å². The molecule has 0 fully saturated rings. The lowest BCUT2D eigenvalue weighted by atomic mass is 9.96.